The van der Waals surface area contributed by atoms with E-state index in [-0.39, 0.29) is 35.4 Å². The second kappa shape index (κ2) is 13.6. The first-order valence-corrected chi connectivity index (χ1v) is 16.2. The van der Waals surface area contributed by atoms with Gasteiger partial charge in [0.1, 0.15) is 11.9 Å². The molecule has 0 unspecified atom stereocenters. The molecular formula is C36H39ClFN5O3. The summed E-state index contributed by atoms with van der Waals surface area (Å²) in [7, 11) is 4.05. The maximum Gasteiger partial charge on any atom is 0.318 e. The van der Waals surface area contributed by atoms with Gasteiger partial charge >= 0.3 is 6.03 Å². The van der Waals surface area contributed by atoms with Crippen LogP contribution >= 0.6 is 11.6 Å². The lowest BCUT2D eigenvalue weighted by atomic mass is 9.89. The molecule has 2 aliphatic heterocycles. The molecule has 10 heteroatoms. The van der Waals surface area contributed by atoms with Gasteiger partial charge in [0.15, 0.2) is 5.78 Å². The number of halogens is 2. The first-order valence-electron chi connectivity index (χ1n) is 15.8. The number of Topliss-reactive ketones (excluding diaryl/α,β-unsaturated/α-hetero) is 1. The molecule has 0 bridgehead atoms. The van der Waals surface area contributed by atoms with E-state index in [1.807, 2.05) is 61.6 Å². The van der Waals surface area contributed by atoms with E-state index in [1.54, 1.807) is 11.0 Å². The number of hydrogen-bond donors (Lipinski definition) is 2. The summed E-state index contributed by atoms with van der Waals surface area (Å²) in [4.78, 5) is 50.2. The van der Waals surface area contributed by atoms with Gasteiger partial charge in [-0.15, -0.1) is 0 Å². The van der Waals surface area contributed by atoms with Gasteiger partial charge in [-0.1, -0.05) is 29.8 Å². The number of carbonyl (C=O) groups excluding carboxylic acids is 3. The van der Waals surface area contributed by atoms with E-state index in [4.69, 9.17) is 11.6 Å². The van der Waals surface area contributed by atoms with Gasteiger partial charge in [-0.2, -0.15) is 0 Å². The van der Waals surface area contributed by atoms with Gasteiger partial charge < -0.3 is 25.0 Å². The zero-order valence-corrected chi connectivity index (χ0v) is 26.9. The van der Waals surface area contributed by atoms with Crippen LogP contribution in [0.25, 0.3) is 10.9 Å². The number of likely N-dealkylation sites (tertiary alicyclic amines) is 1. The van der Waals surface area contributed by atoms with Crippen LogP contribution in [0.2, 0.25) is 5.02 Å². The molecule has 1 saturated heterocycles. The van der Waals surface area contributed by atoms with Crippen LogP contribution in [-0.4, -0.2) is 78.8 Å². The number of para-hydroxylation sites is 1. The van der Waals surface area contributed by atoms with E-state index in [2.05, 4.69) is 15.2 Å². The maximum absolute atomic E-state index is 14.5. The van der Waals surface area contributed by atoms with Gasteiger partial charge in [-0.05, 0) is 98.9 Å². The summed E-state index contributed by atoms with van der Waals surface area (Å²) in [6.07, 6.45) is 4.02. The highest BCUT2D eigenvalue weighted by Crippen LogP contribution is 2.33. The predicted octanol–water partition coefficient (Wildman–Crippen LogP) is 5.94. The van der Waals surface area contributed by atoms with Gasteiger partial charge in [-0.3, -0.25) is 9.59 Å². The van der Waals surface area contributed by atoms with Crippen molar-refractivity contribution in [1.82, 2.24) is 20.1 Å². The summed E-state index contributed by atoms with van der Waals surface area (Å²) in [6.45, 7) is 2.10. The lowest BCUT2D eigenvalue weighted by molar-refractivity contribution is -0.120. The Morgan fingerprint density at radius 2 is 1.78 bits per heavy atom. The minimum atomic E-state index is -0.827. The lowest BCUT2D eigenvalue weighted by Crippen LogP contribution is -2.56. The molecular weight excluding hydrogens is 605 g/mol. The van der Waals surface area contributed by atoms with E-state index in [1.165, 1.54) is 24.3 Å². The molecule has 6 rings (SSSR count). The van der Waals surface area contributed by atoms with Crippen LogP contribution in [0.3, 0.4) is 0 Å². The minimum Gasteiger partial charge on any atom is -0.361 e. The molecule has 8 nitrogen and oxygen atoms in total. The van der Waals surface area contributed by atoms with Crippen molar-refractivity contribution in [1.29, 1.82) is 0 Å². The van der Waals surface area contributed by atoms with Crippen molar-refractivity contribution >= 4 is 45.9 Å². The molecule has 0 aliphatic carbocycles. The molecule has 240 valence electrons. The van der Waals surface area contributed by atoms with E-state index < -0.39 is 6.04 Å². The number of aromatic amines is 1. The molecule has 0 spiro atoms. The molecule has 3 amide bonds. The normalized spacial score (nSPS) is 17.6. The van der Waals surface area contributed by atoms with Gasteiger partial charge in [0, 0.05) is 71.9 Å². The van der Waals surface area contributed by atoms with Crippen molar-refractivity contribution in [2.45, 2.75) is 31.7 Å². The Balaban J connectivity index is 1.22. The fourth-order valence-corrected chi connectivity index (χ4v) is 7.10. The summed E-state index contributed by atoms with van der Waals surface area (Å²) in [6, 6.07) is 18.0. The highest BCUT2D eigenvalue weighted by Gasteiger charge is 2.36. The Labute approximate surface area is 273 Å². The molecule has 2 N–H and O–H groups in total. The Kier molecular flexibility index (Phi) is 9.42. The first-order chi connectivity index (χ1) is 22.2. The van der Waals surface area contributed by atoms with Gasteiger partial charge in [0.2, 0.25) is 5.91 Å². The second-order valence-electron chi connectivity index (χ2n) is 12.8. The maximum atomic E-state index is 14.5. The third kappa shape index (κ3) is 6.95. The van der Waals surface area contributed by atoms with Crippen LogP contribution in [-0.2, 0) is 17.6 Å². The van der Waals surface area contributed by atoms with Gasteiger partial charge in [-0.25, -0.2) is 9.18 Å². The first kappa shape index (κ1) is 31.8. The quantitative estimate of drug-likeness (QED) is 0.233. The highest BCUT2D eigenvalue weighted by atomic mass is 35.5. The smallest absolute Gasteiger partial charge is 0.318 e. The zero-order chi connectivity index (χ0) is 32.4. The number of piperidine rings is 1. The zero-order valence-electron chi connectivity index (χ0n) is 26.1. The molecule has 0 radical (unpaired) electrons. The van der Waals surface area contributed by atoms with Crippen molar-refractivity contribution in [3.63, 3.8) is 0 Å². The topological polar surface area (TPSA) is 88.8 Å². The third-order valence-electron chi connectivity index (χ3n) is 9.15. The third-order valence-corrected chi connectivity index (χ3v) is 9.38. The van der Waals surface area contributed by atoms with E-state index in [9.17, 15) is 18.8 Å². The molecule has 2 aliphatic rings. The van der Waals surface area contributed by atoms with Crippen molar-refractivity contribution in [2.75, 3.05) is 45.2 Å². The Bertz CT molecular complexity index is 1730. The molecule has 3 heterocycles. The number of carbonyl (C=O) groups is 3. The number of amides is 3. The van der Waals surface area contributed by atoms with Crippen LogP contribution in [0.15, 0.2) is 72.9 Å². The standard InChI is InChI=1S/C36H39ClFN5O3/c1-41(2)21-23-17-26-18-28(37)9-12-33(26)43(22-23)35(45)32(19-27-20-39-31-6-4-3-5-30(27)31)40-36(46)42-15-13-25(14-16-42)34(44)24-7-10-29(38)11-8-24/h3-12,18,20,23,25,32,39H,13-17,19,21-22H2,1-2H3,(H,40,46)/t23-,32+/m0/s1. The van der Waals surface area contributed by atoms with Gasteiger partial charge in [0.05, 0.1) is 0 Å². The number of nitrogens with zero attached hydrogens (tertiary/aromatic N) is 3. The summed E-state index contributed by atoms with van der Waals surface area (Å²) in [5, 5.41) is 4.72. The monoisotopic (exact) mass is 643 g/mol. The highest BCUT2D eigenvalue weighted by molar-refractivity contribution is 6.30. The van der Waals surface area contributed by atoms with E-state index in [0.717, 1.165) is 40.7 Å². The molecule has 1 aromatic heterocycles. The molecule has 4 aromatic rings. The number of aromatic nitrogens is 1. The summed E-state index contributed by atoms with van der Waals surface area (Å²) in [5.41, 5.74) is 4.22. The largest absolute Gasteiger partial charge is 0.361 e. The molecule has 2 atom stereocenters. The Hall–Kier alpha value is -4.21. The molecule has 1 fully saturated rings. The Morgan fingerprint density at radius 3 is 2.52 bits per heavy atom. The number of hydrogen-bond acceptors (Lipinski definition) is 4. The number of ketones is 1. The fraction of sp³-hybridized carbons (Fsp3) is 0.361. The van der Waals surface area contributed by atoms with Gasteiger partial charge in [0.25, 0.3) is 0 Å². The van der Waals surface area contributed by atoms with Crippen LogP contribution in [0.1, 0.15) is 34.3 Å². The SMILES string of the molecule is CN(C)C[C@@H]1Cc2cc(Cl)ccc2N(C(=O)[C@@H](Cc2c[nH]c3ccccc23)NC(=O)N2CCC(C(=O)c3ccc(F)cc3)CC2)C1. The average molecular weight is 644 g/mol. The summed E-state index contributed by atoms with van der Waals surface area (Å²) in [5.74, 6) is -0.643. The summed E-state index contributed by atoms with van der Waals surface area (Å²) >= 11 is 6.38. The van der Waals surface area contributed by atoms with Crippen LogP contribution in [0.5, 0.6) is 0 Å². The number of urea groups is 1. The number of H-pyrrole nitrogens is 1. The minimum absolute atomic E-state index is 0.0383. The van der Waals surface area contributed by atoms with Crippen molar-refractivity contribution in [3.8, 4) is 0 Å². The number of benzene rings is 3. The summed E-state index contributed by atoms with van der Waals surface area (Å²) < 4.78 is 13.4. The average Bonchev–Trinajstić information content (AvgIpc) is 3.46. The van der Waals surface area contributed by atoms with Crippen LogP contribution in [0, 0.1) is 17.7 Å². The van der Waals surface area contributed by atoms with Crippen molar-refractivity contribution < 1.29 is 18.8 Å². The Morgan fingerprint density at radius 1 is 1.04 bits per heavy atom. The lowest BCUT2D eigenvalue weighted by Gasteiger charge is -2.38. The molecule has 3 aromatic carbocycles. The number of nitrogens with one attached hydrogen (secondary N) is 2. The molecule has 0 saturated carbocycles. The van der Waals surface area contributed by atoms with Crippen LogP contribution < -0.4 is 10.2 Å². The fourth-order valence-electron chi connectivity index (χ4n) is 6.90. The van der Waals surface area contributed by atoms with E-state index in [0.29, 0.717) is 49.5 Å². The second-order valence-corrected chi connectivity index (χ2v) is 13.2. The molecule has 46 heavy (non-hydrogen) atoms. The number of rotatable bonds is 8. The van der Waals surface area contributed by atoms with Crippen molar-refractivity contribution in [2.24, 2.45) is 11.8 Å². The predicted molar refractivity (Wildman–Crippen MR) is 179 cm³/mol. The number of fused-ring (bicyclic) bond motifs is 2. The number of anilines is 1. The van der Waals surface area contributed by atoms with Crippen LogP contribution in [0.4, 0.5) is 14.9 Å². The van der Waals surface area contributed by atoms with Crippen molar-refractivity contribution in [3.05, 3.63) is 100 Å². The van der Waals surface area contributed by atoms with E-state index >= 15 is 0 Å².